The molecule has 0 aromatic heterocycles. The molecule has 0 radical (unpaired) electrons. The lowest BCUT2D eigenvalue weighted by atomic mass is 10.2. The van der Waals surface area contributed by atoms with E-state index in [2.05, 4.69) is 9.98 Å². The molecule has 8 nitrogen and oxygen atoms in total. The van der Waals surface area contributed by atoms with Crippen molar-refractivity contribution in [1.82, 2.24) is 4.90 Å². The van der Waals surface area contributed by atoms with Crippen molar-refractivity contribution in [3.63, 3.8) is 0 Å². The molecule has 0 amide bonds. The van der Waals surface area contributed by atoms with Crippen LogP contribution in [-0.4, -0.2) is 63.9 Å². The molecule has 16 heavy (non-hydrogen) atoms. The number of guanidine groups is 1. The molecule has 8 heteroatoms. The summed E-state index contributed by atoms with van der Waals surface area (Å²) in [5.74, 6) is -0.0130. The van der Waals surface area contributed by atoms with Crippen molar-refractivity contribution in [2.45, 2.75) is 31.2 Å². The molecule has 5 N–H and O–H groups in total. The van der Waals surface area contributed by atoms with Gasteiger partial charge in [-0.3, -0.25) is 4.90 Å². The third-order valence-electron chi connectivity index (χ3n) is 2.55. The molecule has 0 spiro atoms. The van der Waals surface area contributed by atoms with E-state index in [1.165, 1.54) is 11.2 Å². The topological polar surface area (TPSA) is 124 Å². The average molecular weight is 230 g/mol. The van der Waals surface area contributed by atoms with Gasteiger partial charge in [0.25, 0.3) is 0 Å². The smallest absolute Gasteiger partial charge is 0.231 e. The maximum Gasteiger partial charge on any atom is 0.231 e. The van der Waals surface area contributed by atoms with Gasteiger partial charge in [-0.15, -0.1) is 0 Å². The van der Waals surface area contributed by atoms with Crippen LogP contribution in [0.3, 0.4) is 0 Å². The summed E-state index contributed by atoms with van der Waals surface area (Å²) in [5.41, 5.74) is 5.30. The van der Waals surface area contributed by atoms with Crippen LogP contribution in [0.5, 0.6) is 0 Å². The van der Waals surface area contributed by atoms with Crippen molar-refractivity contribution in [3.8, 4) is 0 Å². The summed E-state index contributed by atoms with van der Waals surface area (Å²) in [5, 5.41) is 28.0. The molecule has 0 saturated carbocycles. The predicted octanol–water partition coefficient (Wildman–Crippen LogP) is -2.61. The fourth-order valence-corrected chi connectivity index (χ4v) is 1.69. The second-order valence-electron chi connectivity index (χ2n) is 3.64. The number of ether oxygens (including phenoxy) is 1. The maximum absolute atomic E-state index is 9.59. The molecular formula is C8H14N4O4. The van der Waals surface area contributed by atoms with Gasteiger partial charge in [-0.1, -0.05) is 0 Å². The second kappa shape index (κ2) is 4.34. The molecule has 2 heterocycles. The van der Waals surface area contributed by atoms with Gasteiger partial charge in [0.2, 0.25) is 12.3 Å². The van der Waals surface area contributed by atoms with Crippen molar-refractivity contribution in [2.75, 3.05) is 6.61 Å². The van der Waals surface area contributed by atoms with Crippen molar-refractivity contribution in [2.24, 2.45) is 15.7 Å². The van der Waals surface area contributed by atoms with E-state index < -0.39 is 24.8 Å². The highest BCUT2D eigenvalue weighted by molar-refractivity contribution is 5.87. The van der Waals surface area contributed by atoms with Gasteiger partial charge in [-0.05, 0) is 0 Å². The standard InChI is InChI=1S/C8H14N4O4/c9-7-10-3-12(8(15)11-7)6-1-4(14)5(2-13)16-6/h3-6,8,13-15H,1-2H2,(H2,9,11)/t4-,5+,6+,8?/m0/s1. The van der Waals surface area contributed by atoms with E-state index >= 15 is 0 Å². The lowest BCUT2D eigenvalue weighted by Crippen LogP contribution is -2.45. The summed E-state index contributed by atoms with van der Waals surface area (Å²) >= 11 is 0. The van der Waals surface area contributed by atoms with Crippen molar-refractivity contribution < 1.29 is 20.1 Å². The van der Waals surface area contributed by atoms with Gasteiger partial charge >= 0.3 is 0 Å². The quantitative estimate of drug-likeness (QED) is 0.412. The van der Waals surface area contributed by atoms with Crippen molar-refractivity contribution in [1.29, 1.82) is 0 Å². The molecule has 2 aliphatic heterocycles. The highest BCUT2D eigenvalue weighted by Gasteiger charge is 2.38. The van der Waals surface area contributed by atoms with Gasteiger partial charge in [-0.25, -0.2) is 4.99 Å². The lowest BCUT2D eigenvalue weighted by Gasteiger charge is -2.30. The molecule has 1 unspecified atom stereocenters. The van der Waals surface area contributed by atoms with E-state index in [1.54, 1.807) is 0 Å². The van der Waals surface area contributed by atoms with E-state index in [0.29, 0.717) is 0 Å². The first-order valence-corrected chi connectivity index (χ1v) is 4.89. The molecule has 0 aromatic carbocycles. The van der Waals surface area contributed by atoms with E-state index in [-0.39, 0.29) is 19.0 Å². The van der Waals surface area contributed by atoms with Crippen molar-refractivity contribution >= 4 is 12.3 Å². The Morgan fingerprint density at radius 2 is 2.31 bits per heavy atom. The van der Waals surface area contributed by atoms with Gasteiger partial charge in [-0.2, -0.15) is 4.99 Å². The second-order valence-corrected chi connectivity index (χ2v) is 3.64. The monoisotopic (exact) mass is 230 g/mol. The van der Waals surface area contributed by atoms with Gasteiger partial charge in [0.05, 0.1) is 12.7 Å². The minimum atomic E-state index is -1.17. The molecule has 0 aromatic rings. The normalized spacial score (nSPS) is 38.9. The Balaban J connectivity index is 2.03. The molecule has 0 aliphatic carbocycles. The lowest BCUT2D eigenvalue weighted by molar-refractivity contribution is -0.0969. The zero-order valence-corrected chi connectivity index (χ0v) is 8.47. The summed E-state index contributed by atoms with van der Waals surface area (Å²) in [7, 11) is 0. The summed E-state index contributed by atoms with van der Waals surface area (Å²) < 4.78 is 5.33. The third-order valence-corrected chi connectivity index (χ3v) is 2.55. The molecule has 1 fully saturated rings. The van der Waals surface area contributed by atoms with Crippen LogP contribution in [-0.2, 0) is 4.74 Å². The van der Waals surface area contributed by atoms with E-state index in [1.807, 2.05) is 0 Å². The highest BCUT2D eigenvalue weighted by Crippen LogP contribution is 2.24. The Labute approximate surface area is 91.7 Å². The third kappa shape index (κ3) is 2.00. The van der Waals surface area contributed by atoms with Crippen LogP contribution < -0.4 is 5.73 Å². The first-order chi connectivity index (χ1) is 7.61. The number of aliphatic hydroxyl groups excluding tert-OH is 3. The minimum absolute atomic E-state index is 0.0130. The fourth-order valence-electron chi connectivity index (χ4n) is 1.69. The first-order valence-electron chi connectivity index (χ1n) is 4.89. The van der Waals surface area contributed by atoms with Crippen LogP contribution in [0.25, 0.3) is 0 Å². The van der Waals surface area contributed by atoms with Crippen LogP contribution in [0, 0.1) is 0 Å². The number of aliphatic hydroxyl groups is 3. The molecule has 4 atom stereocenters. The number of nitrogens with two attached hydrogens (primary N) is 1. The van der Waals surface area contributed by atoms with Crippen molar-refractivity contribution in [3.05, 3.63) is 0 Å². The van der Waals surface area contributed by atoms with Gasteiger partial charge in [0, 0.05) is 6.42 Å². The zero-order chi connectivity index (χ0) is 11.7. The fraction of sp³-hybridized carbons (Fsp3) is 0.750. The zero-order valence-electron chi connectivity index (χ0n) is 8.47. The predicted molar refractivity (Wildman–Crippen MR) is 54.3 cm³/mol. The molecular weight excluding hydrogens is 216 g/mol. The first kappa shape index (κ1) is 11.3. The van der Waals surface area contributed by atoms with Gasteiger partial charge in [0.15, 0.2) is 0 Å². The average Bonchev–Trinajstić information content (AvgIpc) is 2.59. The number of hydrogen-bond donors (Lipinski definition) is 4. The Morgan fingerprint density at radius 3 is 2.88 bits per heavy atom. The molecule has 2 aliphatic rings. The minimum Gasteiger partial charge on any atom is -0.394 e. The van der Waals surface area contributed by atoms with Crippen LogP contribution in [0.15, 0.2) is 9.98 Å². The summed E-state index contributed by atoms with van der Waals surface area (Å²) in [6.07, 6.45) is -1.57. The molecule has 0 bridgehead atoms. The summed E-state index contributed by atoms with van der Waals surface area (Å²) in [6, 6.07) is 0. The highest BCUT2D eigenvalue weighted by atomic mass is 16.5. The van der Waals surface area contributed by atoms with E-state index in [4.69, 9.17) is 15.6 Å². The van der Waals surface area contributed by atoms with Crippen LogP contribution in [0.4, 0.5) is 0 Å². The SMILES string of the molecule is NC1=NC(O)N([C@H]2C[C@H](O)[C@@H](CO)O2)C=N1. The largest absolute Gasteiger partial charge is 0.394 e. The molecule has 90 valence electrons. The summed E-state index contributed by atoms with van der Waals surface area (Å²) in [6.45, 7) is -0.274. The number of rotatable bonds is 2. The number of hydrogen-bond acceptors (Lipinski definition) is 8. The Morgan fingerprint density at radius 1 is 1.56 bits per heavy atom. The van der Waals surface area contributed by atoms with Crippen LogP contribution in [0.1, 0.15) is 6.42 Å². The van der Waals surface area contributed by atoms with E-state index in [0.717, 1.165) is 0 Å². The molecule has 2 rings (SSSR count). The Bertz CT molecular complexity index is 321. The van der Waals surface area contributed by atoms with Crippen LogP contribution >= 0.6 is 0 Å². The maximum atomic E-state index is 9.59. The number of nitrogens with zero attached hydrogens (tertiary/aromatic N) is 3. The van der Waals surface area contributed by atoms with Crippen LogP contribution in [0.2, 0.25) is 0 Å². The summed E-state index contributed by atoms with van der Waals surface area (Å²) in [4.78, 5) is 8.69. The van der Waals surface area contributed by atoms with E-state index in [9.17, 15) is 10.2 Å². The number of aliphatic imine (C=N–C) groups is 2. The van der Waals surface area contributed by atoms with Gasteiger partial charge < -0.3 is 25.8 Å². The Kier molecular flexibility index (Phi) is 3.06. The molecule has 1 saturated heterocycles. The Hall–Kier alpha value is -1.22. The van der Waals surface area contributed by atoms with Gasteiger partial charge in [0.1, 0.15) is 18.7 Å².